The van der Waals surface area contributed by atoms with Crippen molar-refractivity contribution in [3.05, 3.63) is 23.9 Å². The summed E-state index contributed by atoms with van der Waals surface area (Å²) in [5, 5.41) is 9.10. The Bertz CT molecular complexity index is 448. The van der Waals surface area contributed by atoms with Crippen LogP contribution in [0.1, 0.15) is 26.3 Å². The van der Waals surface area contributed by atoms with Gasteiger partial charge in [-0.15, -0.1) is 0 Å². The van der Waals surface area contributed by atoms with E-state index in [1.54, 1.807) is 6.20 Å². The van der Waals surface area contributed by atoms with E-state index >= 15 is 0 Å². The van der Waals surface area contributed by atoms with Crippen molar-refractivity contribution >= 4 is 5.82 Å². The molecule has 0 aliphatic carbocycles. The van der Waals surface area contributed by atoms with Crippen LogP contribution < -0.4 is 4.90 Å². The second-order valence-electron chi connectivity index (χ2n) is 5.63. The highest BCUT2D eigenvalue weighted by Gasteiger charge is 2.26. The Labute approximate surface area is 109 Å². The smallest absolute Gasteiger partial charge is 0.146 e. The van der Waals surface area contributed by atoms with Crippen LogP contribution in [-0.2, 0) is 0 Å². The lowest BCUT2D eigenvalue weighted by Gasteiger charge is -2.42. The third-order valence-electron chi connectivity index (χ3n) is 3.44. The molecular weight excluding hydrogens is 224 g/mol. The SMILES string of the molecule is CC(C)(C)N1CCN(c2ncccc2C#N)CC1. The van der Waals surface area contributed by atoms with Crippen LogP contribution in [0.15, 0.2) is 18.3 Å². The molecular formula is C14H20N4. The predicted molar refractivity (Wildman–Crippen MR) is 72.5 cm³/mol. The highest BCUT2D eigenvalue weighted by Crippen LogP contribution is 2.21. The molecule has 1 saturated heterocycles. The summed E-state index contributed by atoms with van der Waals surface area (Å²) in [7, 11) is 0. The van der Waals surface area contributed by atoms with Gasteiger partial charge in [-0.25, -0.2) is 4.98 Å². The molecule has 0 spiro atoms. The zero-order valence-electron chi connectivity index (χ0n) is 11.3. The molecule has 0 amide bonds. The fourth-order valence-corrected chi connectivity index (χ4v) is 2.33. The normalized spacial score (nSPS) is 17.6. The van der Waals surface area contributed by atoms with E-state index in [9.17, 15) is 0 Å². The molecule has 0 bridgehead atoms. The first-order chi connectivity index (χ1) is 8.52. The Kier molecular flexibility index (Phi) is 3.53. The number of hydrogen-bond acceptors (Lipinski definition) is 4. The van der Waals surface area contributed by atoms with Crippen LogP contribution in [0.3, 0.4) is 0 Å². The molecule has 1 aromatic heterocycles. The zero-order valence-corrected chi connectivity index (χ0v) is 11.3. The van der Waals surface area contributed by atoms with Crippen molar-refractivity contribution in [2.24, 2.45) is 0 Å². The molecule has 96 valence electrons. The molecule has 0 saturated carbocycles. The van der Waals surface area contributed by atoms with Crippen molar-refractivity contribution in [3.8, 4) is 6.07 Å². The largest absolute Gasteiger partial charge is 0.353 e. The summed E-state index contributed by atoms with van der Waals surface area (Å²) in [6.45, 7) is 10.6. The summed E-state index contributed by atoms with van der Waals surface area (Å²) in [6, 6.07) is 5.86. The molecule has 4 heteroatoms. The number of rotatable bonds is 1. The Hall–Kier alpha value is -1.60. The lowest BCUT2D eigenvalue weighted by Crippen LogP contribution is -2.53. The molecule has 0 N–H and O–H groups in total. The van der Waals surface area contributed by atoms with Crippen LogP contribution in [0, 0.1) is 11.3 Å². The third-order valence-corrected chi connectivity index (χ3v) is 3.44. The quantitative estimate of drug-likeness (QED) is 0.756. The van der Waals surface area contributed by atoms with Crippen LogP contribution in [0.2, 0.25) is 0 Å². The number of nitrogens with zero attached hydrogens (tertiary/aromatic N) is 4. The van der Waals surface area contributed by atoms with E-state index in [1.165, 1.54) is 0 Å². The second-order valence-corrected chi connectivity index (χ2v) is 5.63. The van der Waals surface area contributed by atoms with E-state index < -0.39 is 0 Å². The Morgan fingerprint density at radius 2 is 1.89 bits per heavy atom. The summed E-state index contributed by atoms with van der Waals surface area (Å²) in [4.78, 5) is 9.03. The molecule has 18 heavy (non-hydrogen) atoms. The maximum atomic E-state index is 9.10. The van der Waals surface area contributed by atoms with E-state index in [2.05, 4.69) is 41.6 Å². The van der Waals surface area contributed by atoms with Gasteiger partial charge in [-0.05, 0) is 32.9 Å². The number of pyridine rings is 1. The minimum Gasteiger partial charge on any atom is -0.353 e. The van der Waals surface area contributed by atoms with Gasteiger partial charge >= 0.3 is 0 Å². The highest BCUT2D eigenvalue weighted by molar-refractivity contribution is 5.53. The molecule has 2 rings (SSSR count). The topological polar surface area (TPSA) is 43.2 Å². The van der Waals surface area contributed by atoms with Crippen molar-refractivity contribution < 1.29 is 0 Å². The van der Waals surface area contributed by atoms with E-state index in [1.807, 2.05) is 12.1 Å². The fraction of sp³-hybridized carbons (Fsp3) is 0.571. The standard InChI is InChI=1S/C14H20N4/c1-14(2,3)18-9-7-17(8-10-18)13-12(11-15)5-4-6-16-13/h4-6H,7-10H2,1-3H3. The molecule has 2 heterocycles. The first-order valence-corrected chi connectivity index (χ1v) is 6.37. The Morgan fingerprint density at radius 3 is 2.44 bits per heavy atom. The summed E-state index contributed by atoms with van der Waals surface area (Å²) >= 11 is 0. The van der Waals surface area contributed by atoms with Crippen LogP contribution in [0.4, 0.5) is 5.82 Å². The van der Waals surface area contributed by atoms with Gasteiger partial charge in [0.15, 0.2) is 0 Å². The summed E-state index contributed by atoms with van der Waals surface area (Å²) < 4.78 is 0. The predicted octanol–water partition coefficient (Wildman–Crippen LogP) is 1.87. The van der Waals surface area contributed by atoms with Gasteiger partial charge in [0, 0.05) is 37.9 Å². The summed E-state index contributed by atoms with van der Waals surface area (Å²) in [6.07, 6.45) is 1.76. The van der Waals surface area contributed by atoms with Crippen molar-refractivity contribution in [1.82, 2.24) is 9.88 Å². The number of piperazine rings is 1. The molecule has 0 aromatic carbocycles. The van der Waals surface area contributed by atoms with Crippen LogP contribution >= 0.6 is 0 Å². The molecule has 0 radical (unpaired) electrons. The fourth-order valence-electron chi connectivity index (χ4n) is 2.33. The van der Waals surface area contributed by atoms with E-state index in [0.717, 1.165) is 32.0 Å². The number of anilines is 1. The molecule has 0 unspecified atom stereocenters. The van der Waals surface area contributed by atoms with Crippen LogP contribution in [0.25, 0.3) is 0 Å². The van der Waals surface area contributed by atoms with Crippen LogP contribution in [0.5, 0.6) is 0 Å². The average molecular weight is 244 g/mol. The number of aromatic nitrogens is 1. The van der Waals surface area contributed by atoms with E-state index in [-0.39, 0.29) is 5.54 Å². The van der Waals surface area contributed by atoms with E-state index in [4.69, 9.17) is 5.26 Å². The van der Waals surface area contributed by atoms with Crippen LogP contribution in [-0.4, -0.2) is 41.6 Å². The summed E-state index contributed by atoms with van der Waals surface area (Å²) in [5.41, 5.74) is 0.885. The first-order valence-electron chi connectivity index (χ1n) is 6.37. The maximum absolute atomic E-state index is 9.10. The Morgan fingerprint density at radius 1 is 1.22 bits per heavy atom. The van der Waals surface area contributed by atoms with Gasteiger partial charge in [0.25, 0.3) is 0 Å². The van der Waals surface area contributed by atoms with E-state index in [0.29, 0.717) is 5.56 Å². The average Bonchev–Trinajstić information content (AvgIpc) is 2.38. The van der Waals surface area contributed by atoms with Crippen molar-refractivity contribution in [3.63, 3.8) is 0 Å². The van der Waals surface area contributed by atoms with Gasteiger partial charge < -0.3 is 4.90 Å². The van der Waals surface area contributed by atoms with Crippen molar-refractivity contribution in [1.29, 1.82) is 5.26 Å². The molecule has 1 fully saturated rings. The van der Waals surface area contributed by atoms with Gasteiger partial charge in [0.05, 0.1) is 5.56 Å². The van der Waals surface area contributed by atoms with Crippen molar-refractivity contribution in [2.45, 2.75) is 26.3 Å². The lowest BCUT2D eigenvalue weighted by molar-refractivity contribution is 0.128. The van der Waals surface area contributed by atoms with Gasteiger partial charge in [0.2, 0.25) is 0 Å². The van der Waals surface area contributed by atoms with Gasteiger partial charge in [0.1, 0.15) is 11.9 Å². The maximum Gasteiger partial charge on any atom is 0.146 e. The molecule has 1 aromatic rings. The monoisotopic (exact) mass is 244 g/mol. The molecule has 4 nitrogen and oxygen atoms in total. The van der Waals surface area contributed by atoms with Gasteiger partial charge in [-0.2, -0.15) is 5.26 Å². The number of hydrogen-bond donors (Lipinski definition) is 0. The lowest BCUT2D eigenvalue weighted by atomic mass is 10.0. The molecule has 1 aliphatic rings. The van der Waals surface area contributed by atoms with Crippen molar-refractivity contribution in [2.75, 3.05) is 31.1 Å². The first kappa shape index (κ1) is 12.8. The Balaban J connectivity index is 2.09. The van der Waals surface area contributed by atoms with Gasteiger partial charge in [-0.3, -0.25) is 4.90 Å². The summed E-state index contributed by atoms with van der Waals surface area (Å²) in [5.74, 6) is 0.827. The zero-order chi connectivity index (χ0) is 13.2. The third kappa shape index (κ3) is 2.62. The minimum absolute atomic E-state index is 0.217. The van der Waals surface area contributed by atoms with Gasteiger partial charge in [-0.1, -0.05) is 0 Å². The number of nitriles is 1. The highest BCUT2D eigenvalue weighted by atomic mass is 15.3. The second kappa shape index (κ2) is 4.95. The molecule has 1 aliphatic heterocycles. The molecule has 0 atom stereocenters. The minimum atomic E-state index is 0.217.